The Labute approximate surface area is 136 Å². The number of aromatic nitrogens is 3. The Balaban J connectivity index is 2.10. The van der Waals surface area contributed by atoms with Crippen LogP contribution in [0, 0.1) is 6.92 Å². The number of nitrogens with one attached hydrogen (secondary N) is 1. The summed E-state index contributed by atoms with van der Waals surface area (Å²) >= 11 is 0. The van der Waals surface area contributed by atoms with Crippen molar-refractivity contribution in [1.29, 1.82) is 0 Å². The highest BCUT2D eigenvalue weighted by molar-refractivity contribution is 5.95. The molecule has 23 heavy (non-hydrogen) atoms. The van der Waals surface area contributed by atoms with Gasteiger partial charge in [0.05, 0.1) is 31.5 Å². The van der Waals surface area contributed by atoms with Crippen LogP contribution in [0.25, 0.3) is 0 Å². The standard InChI is InChI=1S/C17H24N4O2/c1-5-13(6-2)21-12(3)14(10-20-21)17(22)19-11-15-16(23-4)8-7-9-18-15/h7-10,13H,5-6,11H2,1-4H3,(H,19,22). The van der Waals surface area contributed by atoms with Crippen LogP contribution in [0.1, 0.15) is 54.5 Å². The third-order valence-corrected chi connectivity index (χ3v) is 4.06. The monoisotopic (exact) mass is 316 g/mol. The molecule has 1 N–H and O–H groups in total. The number of rotatable bonds is 7. The fourth-order valence-corrected chi connectivity index (χ4v) is 2.65. The SMILES string of the molecule is CCC(CC)n1ncc(C(=O)NCc2ncccc2OC)c1C. The van der Waals surface area contributed by atoms with Crippen LogP contribution in [0.4, 0.5) is 0 Å². The molecule has 2 heterocycles. The molecule has 1 amide bonds. The van der Waals surface area contributed by atoms with Gasteiger partial charge in [-0.3, -0.25) is 14.5 Å². The minimum absolute atomic E-state index is 0.146. The number of pyridine rings is 1. The molecule has 0 fully saturated rings. The Hall–Kier alpha value is -2.37. The van der Waals surface area contributed by atoms with Crippen LogP contribution in [0.3, 0.4) is 0 Å². The number of nitrogens with zero attached hydrogens (tertiary/aromatic N) is 3. The number of ether oxygens (including phenoxy) is 1. The topological polar surface area (TPSA) is 69.0 Å². The van der Waals surface area contributed by atoms with E-state index in [-0.39, 0.29) is 5.91 Å². The second-order valence-corrected chi connectivity index (χ2v) is 5.39. The van der Waals surface area contributed by atoms with Gasteiger partial charge in [0.2, 0.25) is 0 Å². The zero-order valence-electron chi connectivity index (χ0n) is 14.2. The molecule has 6 nitrogen and oxygen atoms in total. The van der Waals surface area contributed by atoms with Crippen molar-refractivity contribution in [1.82, 2.24) is 20.1 Å². The molecule has 0 atom stereocenters. The summed E-state index contributed by atoms with van der Waals surface area (Å²) in [4.78, 5) is 16.7. The van der Waals surface area contributed by atoms with Gasteiger partial charge in [0, 0.05) is 11.9 Å². The van der Waals surface area contributed by atoms with Crippen molar-refractivity contribution in [2.45, 2.75) is 46.2 Å². The van der Waals surface area contributed by atoms with Crippen LogP contribution in [0.5, 0.6) is 5.75 Å². The maximum Gasteiger partial charge on any atom is 0.255 e. The molecule has 6 heteroatoms. The van der Waals surface area contributed by atoms with E-state index in [1.165, 1.54) is 0 Å². The Morgan fingerprint density at radius 2 is 2.13 bits per heavy atom. The molecule has 0 saturated heterocycles. The first-order valence-corrected chi connectivity index (χ1v) is 7.92. The number of hydrogen-bond acceptors (Lipinski definition) is 4. The fraction of sp³-hybridized carbons (Fsp3) is 0.471. The van der Waals surface area contributed by atoms with Crippen molar-refractivity contribution in [2.24, 2.45) is 0 Å². The van der Waals surface area contributed by atoms with E-state index in [1.807, 2.05) is 17.7 Å². The number of carbonyl (C=O) groups excluding carboxylic acids is 1. The Morgan fingerprint density at radius 1 is 1.39 bits per heavy atom. The van der Waals surface area contributed by atoms with E-state index in [9.17, 15) is 4.79 Å². The van der Waals surface area contributed by atoms with Crippen molar-refractivity contribution in [3.8, 4) is 5.75 Å². The van der Waals surface area contributed by atoms with Crippen molar-refractivity contribution >= 4 is 5.91 Å². The van der Waals surface area contributed by atoms with Crippen LogP contribution in [-0.4, -0.2) is 27.8 Å². The molecule has 2 aromatic rings. The summed E-state index contributed by atoms with van der Waals surface area (Å²) in [6.07, 6.45) is 5.30. The lowest BCUT2D eigenvalue weighted by atomic mass is 10.1. The van der Waals surface area contributed by atoms with Gasteiger partial charge in [0.1, 0.15) is 11.4 Å². The Bertz CT molecular complexity index is 662. The number of hydrogen-bond donors (Lipinski definition) is 1. The van der Waals surface area contributed by atoms with Gasteiger partial charge in [-0.1, -0.05) is 13.8 Å². The van der Waals surface area contributed by atoms with E-state index < -0.39 is 0 Å². The van der Waals surface area contributed by atoms with E-state index in [1.54, 1.807) is 25.6 Å². The molecular formula is C17H24N4O2. The third kappa shape index (κ3) is 3.70. The van der Waals surface area contributed by atoms with Gasteiger partial charge in [-0.05, 0) is 31.9 Å². The van der Waals surface area contributed by atoms with Crippen LogP contribution in [0.15, 0.2) is 24.5 Å². The first kappa shape index (κ1) is 17.0. The minimum atomic E-state index is -0.146. The molecule has 0 aliphatic heterocycles. The summed E-state index contributed by atoms with van der Waals surface area (Å²) in [6, 6.07) is 3.95. The molecule has 2 aromatic heterocycles. The largest absolute Gasteiger partial charge is 0.495 e. The maximum atomic E-state index is 12.4. The molecule has 124 valence electrons. The molecular weight excluding hydrogens is 292 g/mol. The number of methoxy groups -OCH3 is 1. The molecule has 0 aliphatic carbocycles. The minimum Gasteiger partial charge on any atom is -0.495 e. The summed E-state index contributed by atoms with van der Waals surface area (Å²) in [7, 11) is 1.59. The highest BCUT2D eigenvalue weighted by atomic mass is 16.5. The van der Waals surface area contributed by atoms with E-state index in [4.69, 9.17) is 4.74 Å². The van der Waals surface area contributed by atoms with E-state index in [2.05, 4.69) is 29.2 Å². The highest BCUT2D eigenvalue weighted by Crippen LogP contribution is 2.19. The van der Waals surface area contributed by atoms with E-state index in [0.717, 1.165) is 18.5 Å². The van der Waals surface area contributed by atoms with Crippen LogP contribution in [-0.2, 0) is 6.54 Å². The van der Waals surface area contributed by atoms with Gasteiger partial charge in [0.25, 0.3) is 5.91 Å². The van der Waals surface area contributed by atoms with Gasteiger partial charge in [-0.15, -0.1) is 0 Å². The fourth-order valence-electron chi connectivity index (χ4n) is 2.65. The zero-order valence-corrected chi connectivity index (χ0v) is 14.2. The second kappa shape index (κ2) is 7.76. The lowest BCUT2D eigenvalue weighted by molar-refractivity contribution is 0.0949. The van der Waals surface area contributed by atoms with Crippen LogP contribution < -0.4 is 10.1 Å². The van der Waals surface area contributed by atoms with Crippen molar-refractivity contribution < 1.29 is 9.53 Å². The summed E-state index contributed by atoms with van der Waals surface area (Å²) in [5.74, 6) is 0.518. The van der Waals surface area contributed by atoms with Gasteiger partial charge >= 0.3 is 0 Å². The van der Waals surface area contributed by atoms with Crippen LogP contribution in [0.2, 0.25) is 0 Å². The lowest BCUT2D eigenvalue weighted by Crippen LogP contribution is -2.24. The smallest absolute Gasteiger partial charge is 0.255 e. The summed E-state index contributed by atoms with van der Waals surface area (Å²) in [5.41, 5.74) is 2.20. The first-order chi connectivity index (χ1) is 11.1. The molecule has 0 saturated carbocycles. The van der Waals surface area contributed by atoms with Gasteiger partial charge in [-0.2, -0.15) is 5.10 Å². The Kier molecular flexibility index (Phi) is 5.73. The summed E-state index contributed by atoms with van der Waals surface area (Å²) in [5, 5.41) is 7.27. The van der Waals surface area contributed by atoms with Crippen molar-refractivity contribution in [3.63, 3.8) is 0 Å². The molecule has 2 rings (SSSR count). The highest BCUT2D eigenvalue weighted by Gasteiger charge is 2.18. The van der Waals surface area contributed by atoms with Crippen molar-refractivity contribution in [2.75, 3.05) is 7.11 Å². The predicted octanol–water partition coefficient (Wildman–Crippen LogP) is 2.89. The maximum absolute atomic E-state index is 12.4. The summed E-state index contributed by atoms with van der Waals surface area (Å²) < 4.78 is 7.18. The van der Waals surface area contributed by atoms with E-state index >= 15 is 0 Å². The average Bonchev–Trinajstić information content (AvgIpc) is 2.96. The molecule has 0 spiro atoms. The second-order valence-electron chi connectivity index (χ2n) is 5.39. The van der Waals surface area contributed by atoms with Gasteiger partial charge < -0.3 is 10.1 Å². The normalized spacial score (nSPS) is 10.8. The number of amides is 1. The first-order valence-electron chi connectivity index (χ1n) is 7.92. The molecule has 0 unspecified atom stereocenters. The summed E-state index contributed by atoms with van der Waals surface area (Å²) in [6.45, 7) is 6.50. The average molecular weight is 316 g/mol. The molecule has 0 aromatic carbocycles. The van der Waals surface area contributed by atoms with Crippen LogP contribution >= 0.6 is 0 Å². The Morgan fingerprint density at radius 3 is 2.78 bits per heavy atom. The van der Waals surface area contributed by atoms with Crippen molar-refractivity contribution in [3.05, 3.63) is 41.5 Å². The molecule has 0 radical (unpaired) electrons. The lowest BCUT2D eigenvalue weighted by Gasteiger charge is -2.15. The van der Waals surface area contributed by atoms with Gasteiger partial charge in [0.15, 0.2) is 0 Å². The molecule has 0 bridgehead atoms. The van der Waals surface area contributed by atoms with Gasteiger partial charge in [-0.25, -0.2) is 0 Å². The van der Waals surface area contributed by atoms with E-state index in [0.29, 0.717) is 29.6 Å². The number of carbonyl (C=O) groups is 1. The quantitative estimate of drug-likeness (QED) is 0.853. The molecule has 0 aliphatic rings. The predicted molar refractivity (Wildman–Crippen MR) is 88.5 cm³/mol. The third-order valence-electron chi connectivity index (χ3n) is 4.06. The zero-order chi connectivity index (χ0) is 16.8.